The van der Waals surface area contributed by atoms with Crippen molar-refractivity contribution in [3.8, 4) is 11.8 Å². The van der Waals surface area contributed by atoms with Gasteiger partial charge in [0, 0.05) is 17.2 Å². The maximum absolute atomic E-state index is 13.9. The molecule has 0 atom stereocenters. The molecule has 4 rings (SSSR count). The van der Waals surface area contributed by atoms with Crippen LogP contribution in [0.2, 0.25) is 0 Å². The Kier molecular flexibility index (Phi) is 9.58. The number of aliphatic imine (C=N–C) groups is 1. The van der Waals surface area contributed by atoms with Crippen molar-refractivity contribution in [2.45, 2.75) is 102 Å². The first-order valence-corrected chi connectivity index (χ1v) is 13.8. The van der Waals surface area contributed by atoms with E-state index >= 15 is 0 Å². The molecule has 1 amide bonds. The molecule has 0 saturated heterocycles. The lowest BCUT2D eigenvalue weighted by atomic mass is 9.93. The van der Waals surface area contributed by atoms with E-state index in [1.807, 2.05) is 35.2 Å². The molecule has 0 spiro atoms. The normalized spacial score (nSPS) is 17.5. The van der Waals surface area contributed by atoms with E-state index in [1.165, 1.54) is 44.1 Å². The maximum atomic E-state index is 13.9. The molecule has 184 valence electrons. The second kappa shape index (κ2) is 13.3. The van der Waals surface area contributed by atoms with Crippen LogP contribution >= 0.6 is 0 Å². The Morgan fingerprint density at radius 3 is 2.20 bits per heavy atom. The summed E-state index contributed by atoms with van der Waals surface area (Å²) >= 11 is 0. The lowest BCUT2D eigenvalue weighted by Gasteiger charge is -2.34. The molecule has 2 fully saturated rings. The first-order valence-electron chi connectivity index (χ1n) is 13.8. The molecule has 2 aliphatic rings. The van der Waals surface area contributed by atoms with Gasteiger partial charge in [0.2, 0.25) is 0 Å². The standard InChI is InChI=1S/C32H40N2O/c1-2-3-13-26-20-22-27(23-21-26)24-25-31(33-29-16-9-5-10-17-29)34(30-18-11-6-12-19-30)32(35)28-14-7-4-8-15-28/h4,7-8,14-15,20-23,29-30H,2-3,5-6,9-13,16-19H2,1H3. The number of hydrogen-bond acceptors (Lipinski definition) is 2. The van der Waals surface area contributed by atoms with Crippen molar-refractivity contribution in [1.82, 2.24) is 4.90 Å². The summed E-state index contributed by atoms with van der Waals surface area (Å²) in [5.74, 6) is 7.48. The summed E-state index contributed by atoms with van der Waals surface area (Å²) in [7, 11) is 0. The lowest BCUT2D eigenvalue weighted by Crippen LogP contribution is -2.45. The zero-order valence-corrected chi connectivity index (χ0v) is 21.3. The number of amidine groups is 1. The number of nitrogens with zero attached hydrogens (tertiary/aromatic N) is 2. The number of rotatable bonds is 6. The minimum Gasteiger partial charge on any atom is -0.283 e. The fourth-order valence-electron chi connectivity index (χ4n) is 5.30. The molecule has 2 aromatic rings. The number of benzene rings is 2. The number of aryl methyl sites for hydroxylation is 1. The van der Waals surface area contributed by atoms with Crippen molar-refractivity contribution in [2.24, 2.45) is 4.99 Å². The molecule has 35 heavy (non-hydrogen) atoms. The smallest absolute Gasteiger partial charge is 0.260 e. The lowest BCUT2D eigenvalue weighted by molar-refractivity contribution is 0.0777. The average Bonchev–Trinajstić information content (AvgIpc) is 2.93. The molecule has 2 saturated carbocycles. The molecule has 0 heterocycles. The van der Waals surface area contributed by atoms with Crippen LogP contribution in [-0.4, -0.2) is 28.7 Å². The molecule has 0 aromatic heterocycles. The Labute approximate surface area is 212 Å². The number of carbonyl (C=O) groups excluding carboxylic acids is 1. The molecule has 0 radical (unpaired) electrons. The van der Waals surface area contributed by atoms with Crippen LogP contribution < -0.4 is 0 Å². The summed E-state index contributed by atoms with van der Waals surface area (Å²) in [5.41, 5.74) is 3.06. The van der Waals surface area contributed by atoms with Crippen molar-refractivity contribution >= 4 is 11.7 Å². The third-order valence-corrected chi connectivity index (χ3v) is 7.38. The topological polar surface area (TPSA) is 32.7 Å². The van der Waals surface area contributed by atoms with E-state index in [9.17, 15) is 4.79 Å². The van der Waals surface area contributed by atoms with Crippen LogP contribution in [-0.2, 0) is 6.42 Å². The predicted octanol–water partition coefficient (Wildman–Crippen LogP) is 7.59. The van der Waals surface area contributed by atoms with E-state index in [2.05, 4.69) is 43.0 Å². The molecular formula is C32H40N2O. The van der Waals surface area contributed by atoms with E-state index < -0.39 is 0 Å². The highest BCUT2D eigenvalue weighted by molar-refractivity contribution is 6.13. The van der Waals surface area contributed by atoms with E-state index in [4.69, 9.17) is 4.99 Å². The van der Waals surface area contributed by atoms with Crippen LogP contribution in [0.4, 0.5) is 0 Å². The van der Waals surface area contributed by atoms with Crippen LogP contribution in [0.25, 0.3) is 0 Å². The monoisotopic (exact) mass is 468 g/mol. The summed E-state index contributed by atoms with van der Waals surface area (Å²) < 4.78 is 0. The molecule has 0 bridgehead atoms. The summed E-state index contributed by atoms with van der Waals surface area (Å²) in [5, 5.41) is 0. The molecule has 3 nitrogen and oxygen atoms in total. The second-order valence-electron chi connectivity index (χ2n) is 10.1. The number of carbonyl (C=O) groups is 1. The third kappa shape index (κ3) is 7.31. The van der Waals surface area contributed by atoms with E-state index in [0.717, 1.165) is 56.1 Å². The quantitative estimate of drug-likeness (QED) is 0.244. The van der Waals surface area contributed by atoms with Crippen LogP contribution in [0.3, 0.4) is 0 Å². The molecule has 0 N–H and O–H groups in total. The van der Waals surface area contributed by atoms with Gasteiger partial charge in [0.15, 0.2) is 5.84 Å². The SMILES string of the molecule is CCCCc1ccc(C#CC(=NC2CCCCC2)N(C(=O)c2ccccc2)C2CCCCC2)cc1. The largest absolute Gasteiger partial charge is 0.283 e. The van der Waals surface area contributed by atoms with Crippen molar-refractivity contribution in [3.05, 3.63) is 71.3 Å². The molecular weight excluding hydrogens is 428 g/mol. The van der Waals surface area contributed by atoms with E-state index in [0.29, 0.717) is 5.84 Å². The van der Waals surface area contributed by atoms with E-state index in [-0.39, 0.29) is 18.0 Å². The average molecular weight is 469 g/mol. The highest BCUT2D eigenvalue weighted by Gasteiger charge is 2.30. The van der Waals surface area contributed by atoms with Gasteiger partial charge in [-0.1, -0.05) is 88.1 Å². The fraction of sp³-hybridized carbons (Fsp3) is 0.500. The Morgan fingerprint density at radius 2 is 1.54 bits per heavy atom. The maximum Gasteiger partial charge on any atom is 0.260 e. The minimum atomic E-state index is 0.0382. The fourth-order valence-corrected chi connectivity index (χ4v) is 5.30. The molecule has 0 unspecified atom stereocenters. The Hall–Kier alpha value is -2.86. The Balaban J connectivity index is 1.68. The summed E-state index contributed by atoms with van der Waals surface area (Å²) in [6.45, 7) is 2.22. The van der Waals surface area contributed by atoms with Gasteiger partial charge in [0.1, 0.15) is 0 Å². The van der Waals surface area contributed by atoms with Gasteiger partial charge in [-0.05, 0) is 74.3 Å². The molecule has 0 aliphatic heterocycles. The Morgan fingerprint density at radius 1 is 0.886 bits per heavy atom. The van der Waals surface area contributed by atoms with Gasteiger partial charge in [-0.3, -0.25) is 14.7 Å². The van der Waals surface area contributed by atoms with Gasteiger partial charge in [-0.15, -0.1) is 0 Å². The highest BCUT2D eigenvalue weighted by Crippen LogP contribution is 2.26. The predicted molar refractivity (Wildman–Crippen MR) is 146 cm³/mol. The zero-order valence-electron chi connectivity index (χ0n) is 21.3. The van der Waals surface area contributed by atoms with Crippen molar-refractivity contribution < 1.29 is 4.79 Å². The minimum absolute atomic E-state index is 0.0382. The third-order valence-electron chi connectivity index (χ3n) is 7.38. The van der Waals surface area contributed by atoms with Crippen molar-refractivity contribution in [2.75, 3.05) is 0 Å². The summed E-state index contributed by atoms with van der Waals surface area (Å²) in [6, 6.07) is 18.7. The Bertz CT molecular complexity index is 1020. The van der Waals surface area contributed by atoms with Gasteiger partial charge in [-0.25, -0.2) is 0 Å². The first kappa shape index (κ1) is 25.2. The summed E-state index contributed by atoms with van der Waals surface area (Å²) in [4.78, 5) is 21.0. The number of unbranched alkanes of at least 4 members (excludes halogenated alkanes) is 1. The van der Waals surface area contributed by atoms with Crippen LogP contribution in [0, 0.1) is 11.8 Å². The van der Waals surface area contributed by atoms with Gasteiger partial charge >= 0.3 is 0 Å². The highest BCUT2D eigenvalue weighted by atomic mass is 16.2. The first-order chi connectivity index (χ1) is 17.2. The van der Waals surface area contributed by atoms with Crippen LogP contribution in [0.5, 0.6) is 0 Å². The molecule has 2 aromatic carbocycles. The molecule has 2 aliphatic carbocycles. The van der Waals surface area contributed by atoms with Crippen molar-refractivity contribution in [3.63, 3.8) is 0 Å². The number of hydrogen-bond donors (Lipinski definition) is 0. The number of amides is 1. The molecule has 3 heteroatoms. The van der Waals surface area contributed by atoms with Crippen LogP contribution in [0.1, 0.15) is 105 Å². The van der Waals surface area contributed by atoms with Gasteiger partial charge in [-0.2, -0.15) is 0 Å². The zero-order chi connectivity index (χ0) is 24.3. The van der Waals surface area contributed by atoms with Gasteiger partial charge < -0.3 is 0 Å². The summed E-state index contributed by atoms with van der Waals surface area (Å²) in [6.07, 6.45) is 15.0. The van der Waals surface area contributed by atoms with E-state index in [1.54, 1.807) is 0 Å². The van der Waals surface area contributed by atoms with Gasteiger partial charge in [0.25, 0.3) is 5.91 Å². The second-order valence-corrected chi connectivity index (χ2v) is 10.1. The van der Waals surface area contributed by atoms with Gasteiger partial charge in [0.05, 0.1) is 6.04 Å². The van der Waals surface area contributed by atoms with Crippen LogP contribution in [0.15, 0.2) is 59.6 Å². The van der Waals surface area contributed by atoms with Crippen molar-refractivity contribution in [1.29, 1.82) is 0 Å².